The third kappa shape index (κ3) is 4.22. The molecular formula is C25H29N3O3+2. The highest BCUT2D eigenvalue weighted by atomic mass is 16.7. The minimum absolute atomic E-state index is 0.0476. The van der Waals surface area contributed by atoms with Gasteiger partial charge in [0.05, 0.1) is 0 Å². The van der Waals surface area contributed by atoms with Gasteiger partial charge in [0.15, 0.2) is 17.5 Å². The number of quaternary nitrogens is 2. The fourth-order valence-electron chi connectivity index (χ4n) is 4.66. The van der Waals surface area contributed by atoms with Crippen molar-refractivity contribution in [1.29, 1.82) is 0 Å². The lowest BCUT2D eigenvalue weighted by Crippen LogP contribution is -3.29. The minimum Gasteiger partial charge on any atom is -0.454 e. The lowest BCUT2D eigenvalue weighted by atomic mass is 10.0. The Morgan fingerprint density at radius 1 is 0.968 bits per heavy atom. The first-order valence-corrected chi connectivity index (χ1v) is 11.0. The van der Waals surface area contributed by atoms with E-state index in [1.54, 1.807) is 4.90 Å². The molecule has 0 spiro atoms. The second kappa shape index (κ2) is 8.57. The molecule has 2 heterocycles. The van der Waals surface area contributed by atoms with Crippen molar-refractivity contribution in [2.24, 2.45) is 0 Å². The Balaban J connectivity index is 1.17. The summed E-state index contributed by atoms with van der Waals surface area (Å²) in [4.78, 5) is 15.8. The molecule has 2 aliphatic heterocycles. The molecule has 3 aromatic carbocycles. The lowest BCUT2D eigenvalue weighted by molar-refractivity contribution is -1.02. The molecule has 1 saturated heterocycles. The Morgan fingerprint density at radius 2 is 1.74 bits per heavy atom. The van der Waals surface area contributed by atoms with Gasteiger partial charge in [0.1, 0.15) is 32.7 Å². The van der Waals surface area contributed by atoms with Crippen molar-refractivity contribution in [3.05, 3.63) is 66.2 Å². The predicted molar refractivity (Wildman–Crippen MR) is 120 cm³/mol. The summed E-state index contributed by atoms with van der Waals surface area (Å²) >= 11 is 0. The Morgan fingerprint density at radius 3 is 2.61 bits per heavy atom. The molecule has 0 saturated carbocycles. The molecule has 2 aliphatic rings. The second-order valence-corrected chi connectivity index (χ2v) is 8.50. The highest BCUT2D eigenvalue weighted by molar-refractivity contribution is 5.94. The van der Waals surface area contributed by atoms with E-state index in [1.807, 2.05) is 25.1 Å². The van der Waals surface area contributed by atoms with Crippen LogP contribution in [0.4, 0.5) is 5.69 Å². The van der Waals surface area contributed by atoms with Gasteiger partial charge >= 0.3 is 0 Å². The van der Waals surface area contributed by atoms with Gasteiger partial charge in [-0.25, -0.2) is 0 Å². The number of nitrogens with one attached hydrogen (secondary N) is 3. The summed E-state index contributed by atoms with van der Waals surface area (Å²) in [7, 11) is 0. The van der Waals surface area contributed by atoms with E-state index in [0.717, 1.165) is 44.2 Å². The van der Waals surface area contributed by atoms with Crippen LogP contribution in [0.2, 0.25) is 0 Å². The normalized spacial score (nSPS) is 21.1. The smallest absolute Gasteiger partial charge is 0.282 e. The average molecular weight is 420 g/mol. The summed E-state index contributed by atoms with van der Waals surface area (Å²) in [6.45, 7) is 7.42. The van der Waals surface area contributed by atoms with Crippen molar-refractivity contribution in [2.45, 2.75) is 19.5 Å². The third-order valence-corrected chi connectivity index (χ3v) is 6.57. The van der Waals surface area contributed by atoms with E-state index in [2.05, 4.69) is 47.8 Å². The van der Waals surface area contributed by atoms with Gasteiger partial charge in [0, 0.05) is 17.3 Å². The summed E-state index contributed by atoms with van der Waals surface area (Å²) in [6, 6.07) is 20.6. The Kier molecular flexibility index (Phi) is 5.49. The summed E-state index contributed by atoms with van der Waals surface area (Å²) < 4.78 is 10.7. The van der Waals surface area contributed by atoms with E-state index in [-0.39, 0.29) is 18.7 Å². The molecule has 31 heavy (non-hydrogen) atoms. The number of carbonyl (C=O) groups is 1. The first-order valence-electron chi connectivity index (χ1n) is 11.0. The van der Waals surface area contributed by atoms with E-state index < -0.39 is 0 Å². The molecule has 0 bridgehead atoms. The number of hydrogen-bond acceptors (Lipinski definition) is 3. The maximum atomic E-state index is 12.8. The quantitative estimate of drug-likeness (QED) is 0.576. The molecule has 3 aromatic rings. The predicted octanol–water partition coefficient (Wildman–Crippen LogP) is 0.879. The van der Waals surface area contributed by atoms with E-state index in [0.29, 0.717) is 5.75 Å². The first kappa shape index (κ1) is 19.8. The van der Waals surface area contributed by atoms with Gasteiger partial charge in [-0.15, -0.1) is 0 Å². The highest BCUT2D eigenvalue weighted by Crippen LogP contribution is 2.34. The van der Waals surface area contributed by atoms with Gasteiger partial charge in [-0.3, -0.25) is 4.79 Å². The number of carbonyl (C=O) groups excluding carboxylic acids is 1. The van der Waals surface area contributed by atoms with E-state index in [4.69, 9.17) is 9.47 Å². The van der Waals surface area contributed by atoms with Crippen LogP contribution in [0.15, 0.2) is 60.7 Å². The molecular weight excluding hydrogens is 390 g/mol. The van der Waals surface area contributed by atoms with E-state index in [1.165, 1.54) is 21.2 Å². The topological polar surface area (TPSA) is 56.4 Å². The molecule has 6 nitrogen and oxygen atoms in total. The molecule has 160 valence electrons. The molecule has 1 amide bonds. The van der Waals surface area contributed by atoms with E-state index >= 15 is 0 Å². The van der Waals surface area contributed by atoms with Crippen LogP contribution in [-0.4, -0.2) is 44.9 Å². The van der Waals surface area contributed by atoms with E-state index in [9.17, 15) is 4.79 Å². The van der Waals surface area contributed by atoms with Crippen LogP contribution in [0, 0.1) is 0 Å². The maximum absolute atomic E-state index is 12.8. The van der Waals surface area contributed by atoms with Gasteiger partial charge in [-0.2, -0.15) is 0 Å². The molecule has 6 heteroatoms. The van der Waals surface area contributed by atoms with Crippen LogP contribution >= 0.6 is 0 Å². The summed E-state index contributed by atoms with van der Waals surface area (Å²) in [5.74, 6) is 1.46. The molecule has 5 rings (SSSR count). The van der Waals surface area contributed by atoms with Gasteiger partial charge in [-0.1, -0.05) is 42.5 Å². The Bertz CT molecular complexity index is 1090. The van der Waals surface area contributed by atoms with Crippen LogP contribution in [0.5, 0.6) is 11.5 Å². The summed E-state index contributed by atoms with van der Waals surface area (Å²) in [5.41, 5.74) is 2.16. The molecule has 0 unspecified atom stereocenters. The Hall–Kier alpha value is -3.09. The fraction of sp³-hybridized carbons (Fsp3) is 0.320. The summed E-state index contributed by atoms with van der Waals surface area (Å²) in [5, 5.41) is 5.69. The zero-order valence-corrected chi connectivity index (χ0v) is 17.8. The van der Waals surface area contributed by atoms with Gasteiger partial charge in [0.2, 0.25) is 6.79 Å². The maximum Gasteiger partial charge on any atom is 0.282 e. The van der Waals surface area contributed by atoms with Crippen molar-refractivity contribution < 1.29 is 24.1 Å². The van der Waals surface area contributed by atoms with Gasteiger partial charge in [0.25, 0.3) is 5.91 Å². The number of amides is 1. The number of rotatable bonds is 5. The largest absolute Gasteiger partial charge is 0.454 e. The van der Waals surface area contributed by atoms with Crippen molar-refractivity contribution in [2.75, 3.05) is 38.3 Å². The van der Waals surface area contributed by atoms with Crippen LogP contribution in [0.1, 0.15) is 12.5 Å². The molecule has 3 N–H and O–H groups in total. The lowest BCUT2D eigenvalue weighted by Gasteiger charge is -2.32. The molecule has 1 atom stereocenters. The second-order valence-electron chi connectivity index (χ2n) is 8.50. The van der Waals surface area contributed by atoms with Gasteiger partial charge < -0.3 is 24.6 Å². The third-order valence-electron chi connectivity index (χ3n) is 6.57. The molecule has 0 radical (unpaired) electrons. The number of hydrogen-bond donors (Lipinski definition) is 3. The van der Waals surface area contributed by atoms with Crippen molar-refractivity contribution in [3.8, 4) is 11.5 Å². The van der Waals surface area contributed by atoms with Gasteiger partial charge in [-0.05, 0) is 29.8 Å². The molecule has 0 aromatic heterocycles. The monoisotopic (exact) mass is 419 g/mol. The van der Waals surface area contributed by atoms with Crippen LogP contribution in [0.3, 0.4) is 0 Å². The number of anilines is 1. The zero-order valence-electron chi connectivity index (χ0n) is 17.8. The number of benzene rings is 3. The average Bonchev–Trinajstić information content (AvgIpc) is 3.27. The van der Waals surface area contributed by atoms with Crippen LogP contribution in [-0.2, 0) is 11.3 Å². The van der Waals surface area contributed by atoms with Crippen LogP contribution < -0.4 is 24.6 Å². The van der Waals surface area contributed by atoms with Crippen molar-refractivity contribution >= 4 is 22.4 Å². The first-order chi connectivity index (χ1) is 15.2. The highest BCUT2D eigenvalue weighted by Gasteiger charge is 2.31. The van der Waals surface area contributed by atoms with Crippen molar-refractivity contribution in [3.63, 3.8) is 0 Å². The Labute approximate surface area is 182 Å². The SMILES string of the molecule is C[C@@H](C(=O)Nc1ccc2c(c1)OCO2)[NH+]1CC[NH+](Cc2cccc3ccccc23)CC1. The number of fused-ring (bicyclic) bond motifs is 2. The standard InChI is InChI=1S/C25H27N3O3/c1-18(25(29)26-21-9-10-23-24(15-21)31-17-30-23)28-13-11-27(12-14-28)16-20-7-4-6-19-5-2-3-8-22(19)20/h2-10,15,18H,11-14,16-17H2,1H3,(H,26,29)/p+2/t18-/m0/s1. The number of piperazine rings is 1. The zero-order chi connectivity index (χ0) is 21.2. The summed E-state index contributed by atoms with van der Waals surface area (Å²) in [6.07, 6.45) is 0. The fourth-order valence-corrected chi connectivity index (χ4v) is 4.66. The minimum atomic E-state index is -0.0930. The molecule has 1 fully saturated rings. The van der Waals surface area contributed by atoms with Crippen LogP contribution in [0.25, 0.3) is 10.8 Å². The molecule has 0 aliphatic carbocycles. The van der Waals surface area contributed by atoms with Crippen molar-refractivity contribution in [1.82, 2.24) is 0 Å². The number of ether oxygens (including phenoxy) is 2.